The molecular weight excluding hydrogens is 266 g/mol. The van der Waals surface area contributed by atoms with Gasteiger partial charge in [-0.1, -0.05) is 6.07 Å². The Kier molecular flexibility index (Phi) is 5.63. The van der Waals surface area contributed by atoms with E-state index in [9.17, 15) is 4.79 Å². The van der Waals surface area contributed by atoms with Crippen LogP contribution in [0.5, 0.6) is 5.75 Å². The quantitative estimate of drug-likeness (QED) is 0.863. The van der Waals surface area contributed by atoms with E-state index in [0.29, 0.717) is 13.0 Å². The van der Waals surface area contributed by atoms with E-state index in [-0.39, 0.29) is 30.5 Å². The van der Waals surface area contributed by atoms with Gasteiger partial charge in [0.15, 0.2) is 0 Å². The van der Waals surface area contributed by atoms with Crippen LogP contribution in [-0.2, 0) is 9.53 Å². The number of benzene rings is 1. The molecule has 0 radical (unpaired) electrons. The molecule has 0 bridgehead atoms. The van der Waals surface area contributed by atoms with Crippen molar-refractivity contribution >= 4 is 18.4 Å². The van der Waals surface area contributed by atoms with E-state index in [1.165, 1.54) is 18.2 Å². The molecule has 0 spiro atoms. The number of hydrogen-bond acceptors (Lipinski definition) is 4. The molecule has 1 aliphatic heterocycles. The van der Waals surface area contributed by atoms with E-state index in [0.717, 1.165) is 5.75 Å². The summed E-state index contributed by atoms with van der Waals surface area (Å²) in [5, 5.41) is 3.10. The van der Waals surface area contributed by atoms with Crippen LogP contribution in [0.3, 0.4) is 0 Å². The van der Waals surface area contributed by atoms with Gasteiger partial charge in [0.25, 0.3) is 0 Å². The Morgan fingerprint density at radius 3 is 2.68 bits per heavy atom. The third kappa shape index (κ3) is 3.85. The molecule has 1 saturated heterocycles. The summed E-state index contributed by atoms with van der Waals surface area (Å²) in [5.41, 5.74) is 2.46. The van der Waals surface area contributed by atoms with E-state index in [1.807, 2.05) is 18.2 Å². The number of halogens is 1. The van der Waals surface area contributed by atoms with E-state index in [1.54, 1.807) is 0 Å². The third-order valence-corrected chi connectivity index (χ3v) is 3.36. The first-order valence-electron chi connectivity index (χ1n) is 6.15. The highest BCUT2D eigenvalue weighted by Crippen LogP contribution is 2.20. The van der Waals surface area contributed by atoms with Crippen molar-refractivity contribution < 1.29 is 14.3 Å². The molecule has 4 nitrogen and oxygen atoms in total. The molecule has 2 rings (SSSR count). The second-order valence-corrected chi connectivity index (χ2v) is 4.71. The predicted octanol–water partition coefficient (Wildman–Crippen LogP) is 2.01. The number of aryl methyl sites for hydroxylation is 2. The molecule has 0 saturated carbocycles. The Bertz CT molecular complexity index is 450. The molecule has 106 valence electrons. The fraction of sp³-hybridized carbons (Fsp3) is 0.500. The smallest absolute Gasteiger partial charge is 0.323 e. The summed E-state index contributed by atoms with van der Waals surface area (Å²) in [6.07, 6.45) is 0.677. The number of carbonyl (C=O) groups excluding carboxylic acids is 1. The van der Waals surface area contributed by atoms with E-state index in [2.05, 4.69) is 19.2 Å². The van der Waals surface area contributed by atoms with Crippen molar-refractivity contribution in [3.63, 3.8) is 0 Å². The zero-order valence-electron chi connectivity index (χ0n) is 11.4. The maximum atomic E-state index is 11.4. The highest BCUT2D eigenvalue weighted by Gasteiger charge is 2.31. The fourth-order valence-corrected chi connectivity index (χ4v) is 2.09. The average Bonchev–Trinajstić information content (AvgIpc) is 2.81. The maximum Gasteiger partial charge on any atom is 0.323 e. The lowest BCUT2D eigenvalue weighted by Crippen LogP contribution is -2.31. The first-order chi connectivity index (χ1) is 8.60. The summed E-state index contributed by atoms with van der Waals surface area (Å²) < 4.78 is 10.6. The number of carbonyl (C=O) groups is 1. The molecule has 1 aromatic rings. The van der Waals surface area contributed by atoms with Crippen molar-refractivity contribution in [2.75, 3.05) is 13.7 Å². The summed E-state index contributed by atoms with van der Waals surface area (Å²) >= 11 is 0. The van der Waals surface area contributed by atoms with Gasteiger partial charge in [-0.25, -0.2) is 0 Å². The Morgan fingerprint density at radius 2 is 2.05 bits per heavy atom. The lowest BCUT2D eigenvalue weighted by atomic mass is 10.1. The standard InChI is InChI=1S/C14H19NO3.ClH/c1-9-4-5-11(6-10(9)2)18-12-7-13(15-8-12)14(16)17-3;/h4-6,12-13,15H,7-8H2,1-3H3;1H/t12-,13-;/m0./s1. The van der Waals surface area contributed by atoms with Gasteiger partial charge in [-0.3, -0.25) is 4.79 Å². The molecule has 5 heteroatoms. The van der Waals surface area contributed by atoms with Crippen LogP contribution < -0.4 is 10.1 Å². The van der Waals surface area contributed by atoms with Crippen molar-refractivity contribution in [1.82, 2.24) is 5.32 Å². The number of esters is 1. The minimum absolute atomic E-state index is 0. The minimum atomic E-state index is -0.244. The Morgan fingerprint density at radius 1 is 1.32 bits per heavy atom. The van der Waals surface area contributed by atoms with Gasteiger partial charge in [0.05, 0.1) is 7.11 Å². The van der Waals surface area contributed by atoms with E-state index >= 15 is 0 Å². The van der Waals surface area contributed by atoms with Gasteiger partial charge in [-0.15, -0.1) is 12.4 Å². The van der Waals surface area contributed by atoms with Crippen LogP contribution in [0.25, 0.3) is 0 Å². The van der Waals surface area contributed by atoms with Crippen molar-refractivity contribution in [3.05, 3.63) is 29.3 Å². The number of nitrogens with one attached hydrogen (secondary N) is 1. The molecule has 1 N–H and O–H groups in total. The highest BCUT2D eigenvalue weighted by atomic mass is 35.5. The van der Waals surface area contributed by atoms with Crippen LogP contribution in [-0.4, -0.2) is 31.8 Å². The molecule has 0 amide bonds. The zero-order chi connectivity index (χ0) is 13.1. The third-order valence-electron chi connectivity index (χ3n) is 3.36. The van der Waals surface area contributed by atoms with Crippen LogP contribution in [0.15, 0.2) is 18.2 Å². The summed E-state index contributed by atoms with van der Waals surface area (Å²) in [4.78, 5) is 11.4. The highest BCUT2D eigenvalue weighted by molar-refractivity contribution is 5.85. The molecule has 0 aliphatic carbocycles. The van der Waals surface area contributed by atoms with Gasteiger partial charge in [0.1, 0.15) is 17.9 Å². The Hall–Kier alpha value is -1.26. The van der Waals surface area contributed by atoms with E-state index < -0.39 is 0 Å². The predicted molar refractivity (Wildman–Crippen MR) is 76.0 cm³/mol. The molecule has 1 aromatic carbocycles. The van der Waals surface area contributed by atoms with Gasteiger partial charge in [0, 0.05) is 13.0 Å². The first-order valence-corrected chi connectivity index (χ1v) is 6.15. The van der Waals surface area contributed by atoms with Crippen LogP contribution in [0.1, 0.15) is 17.5 Å². The number of rotatable bonds is 3. The monoisotopic (exact) mass is 285 g/mol. The normalized spacial score (nSPS) is 21.6. The van der Waals surface area contributed by atoms with Gasteiger partial charge in [0.2, 0.25) is 0 Å². The van der Waals surface area contributed by atoms with Crippen LogP contribution in [0.2, 0.25) is 0 Å². The van der Waals surface area contributed by atoms with Gasteiger partial charge in [-0.2, -0.15) is 0 Å². The molecule has 1 heterocycles. The van der Waals surface area contributed by atoms with Gasteiger partial charge in [-0.05, 0) is 37.1 Å². The lowest BCUT2D eigenvalue weighted by molar-refractivity contribution is -0.142. The summed E-state index contributed by atoms with van der Waals surface area (Å²) in [6.45, 7) is 4.81. The fourth-order valence-electron chi connectivity index (χ4n) is 2.09. The Labute approximate surface area is 119 Å². The molecule has 2 atom stereocenters. The summed E-state index contributed by atoms with van der Waals surface area (Å²) in [5.74, 6) is 0.636. The van der Waals surface area contributed by atoms with Crippen molar-refractivity contribution in [2.24, 2.45) is 0 Å². The molecule has 1 fully saturated rings. The topological polar surface area (TPSA) is 47.6 Å². The van der Waals surface area contributed by atoms with Crippen molar-refractivity contribution in [2.45, 2.75) is 32.4 Å². The SMILES string of the molecule is COC(=O)[C@@H]1C[C@H](Oc2ccc(C)c(C)c2)CN1.Cl. The van der Waals surface area contributed by atoms with Crippen LogP contribution in [0.4, 0.5) is 0 Å². The largest absolute Gasteiger partial charge is 0.489 e. The summed E-state index contributed by atoms with van der Waals surface area (Å²) in [7, 11) is 1.40. The average molecular weight is 286 g/mol. The second-order valence-electron chi connectivity index (χ2n) is 4.71. The lowest BCUT2D eigenvalue weighted by Gasteiger charge is -2.14. The second kappa shape index (κ2) is 6.78. The van der Waals surface area contributed by atoms with Crippen molar-refractivity contribution in [1.29, 1.82) is 0 Å². The number of methoxy groups -OCH3 is 1. The first kappa shape index (κ1) is 15.8. The maximum absolute atomic E-state index is 11.4. The number of hydrogen-bond donors (Lipinski definition) is 1. The van der Waals surface area contributed by atoms with Gasteiger partial charge >= 0.3 is 5.97 Å². The Balaban J connectivity index is 0.00000180. The molecule has 0 aromatic heterocycles. The minimum Gasteiger partial charge on any atom is -0.489 e. The van der Waals surface area contributed by atoms with Crippen LogP contribution >= 0.6 is 12.4 Å². The van der Waals surface area contributed by atoms with Crippen molar-refractivity contribution in [3.8, 4) is 5.75 Å². The van der Waals surface area contributed by atoms with E-state index in [4.69, 9.17) is 9.47 Å². The van der Waals surface area contributed by atoms with Crippen LogP contribution in [0, 0.1) is 13.8 Å². The summed E-state index contributed by atoms with van der Waals surface area (Å²) in [6, 6.07) is 5.80. The van der Waals surface area contributed by atoms with Gasteiger partial charge < -0.3 is 14.8 Å². The molecule has 0 unspecified atom stereocenters. The number of ether oxygens (including phenoxy) is 2. The molecular formula is C14H20ClNO3. The molecule has 19 heavy (non-hydrogen) atoms. The molecule has 1 aliphatic rings. The zero-order valence-corrected chi connectivity index (χ0v) is 12.3.